The first-order valence-corrected chi connectivity index (χ1v) is 10.9. The van der Waals surface area contributed by atoms with Crippen molar-refractivity contribution in [2.45, 2.75) is 19.5 Å². The Morgan fingerprint density at radius 3 is 2.58 bits per heavy atom. The molecule has 0 saturated carbocycles. The van der Waals surface area contributed by atoms with Crippen molar-refractivity contribution in [2.24, 2.45) is 0 Å². The van der Waals surface area contributed by atoms with Crippen LogP contribution in [0.4, 0.5) is 4.39 Å². The van der Waals surface area contributed by atoms with Gasteiger partial charge in [-0.1, -0.05) is 29.8 Å². The fourth-order valence-electron chi connectivity index (χ4n) is 3.83. The van der Waals surface area contributed by atoms with E-state index in [0.717, 1.165) is 0 Å². The van der Waals surface area contributed by atoms with Crippen molar-refractivity contribution in [1.29, 1.82) is 0 Å². The van der Waals surface area contributed by atoms with Crippen molar-refractivity contribution in [1.82, 2.24) is 19.4 Å². The van der Waals surface area contributed by atoms with Crippen molar-refractivity contribution in [3.63, 3.8) is 0 Å². The molecule has 0 unspecified atom stereocenters. The summed E-state index contributed by atoms with van der Waals surface area (Å²) in [5.74, 6) is -0.346. The maximum absolute atomic E-state index is 14.0. The molecule has 0 spiro atoms. The highest BCUT2D eigenvalue weighted by Crippen LogP contribution is 2.21. The number of hydrogen-bond acceptors (Lipinski definition) is 4. The van der Waals surface area contributed by atoms with Crippen molar-refractivity contribution in [3.05, 3.63) is 74.0 Å². The molecule has 0 bridgehead atoms. The number of nitrogens with one attached hydrogen (secondary N) is 1. The number of aromatic amines is 1. The van der Waals surface area contributed by atoms with Crippen LogP contribution in [0.5, 0.6) is 0 Å². The first kappa shape index (κ1) is 21.7. The molecule has 162 valence electrons. The molecule has 9 heteroatoms. The normalized spacial score (nSPS) is 14.8. The molecule has 1 fully saturated rings. The Morgan fingerprint density at radius 2 is 1.84 bits per heavy atom. The van der Waals surface area contributed by atoms with Crippen LogP contribution in [0.1, 0.15) is 12.0 Å². The van der Waals surface area contributed by atoms with Gasteiger partial charge >= 0.3 is 0 Å². The highest BCUT2D eigenvalue weighted by molar-refractivity contribution is 7.71. The largest absolute Gasteiger partial charge is 0.340 e. The van der Waals surface area contributed by atoms with Gasteiger partial charge in [-0.3, -0.25) is 19.1 Å². The predicted molar refractivity (Wildman–Crippen MR) is 121 cm³/mol. The zero-order chi connectivity index (χ0) is 22.0. The van der Waals surface area contributed by atoms with Gasteiger partial charge in [0.1, 0.15) is 5.82 Å². The Bertz CT molecular complexity index is 1210. The lowest BCUT2D eigenvalue weighted by Crippen LogP contribution is -2.48. The lowest BCUT2D eigenvalue weighted by atomic mass is 10.1. The van der Waals surface area contributed by atoms with Crippen molar-refractivity contribution in [2.75, 3.05) is 26.2 Å². The van der Waals surface area contributed by atoms with Crippen LogP contribution in [-0.4, -0.2) is 51.4 Å². The van der Waals surface area contributed by atoms with Crippen LogP contribution in [0, 0.1) is 10.6 Å². The minimum Gasteiger partial charge on any atom is -0.340 e. The molecule has 0 aliphatic carbocycles. The molecule has 1 aliphatic heterocycles. The third-order valence-corrected chi connectivity index (χ3v) is 6.28. The summed E-state index contributed by atoms with van der Waals surface area (Å²) in [6, 6.07) is 11.8. The summed E-state index contributed by atoms with van der Waals surface area (Å²) in [6.07, 6.45) is 0.189. The second-order valence-corrected chi connectivity index (χ2v) is 8.33. The van der Waals surface area contributed by atoms with E-state index in [9.17, 15) is 14.0 Å². The maximum Gasteiger partial charge on any atom is 0.262 e. The van der Waals surface area contributed by atoms with Crippen LogP contribution >= 0.6 is 23.8 Å². The SMILES string of the molecule is O=C(CCn1c(=S)[nH]c2ccccc2c1=O)N1CCN(Cc2c(F)cccc2Cl)CC1. The molecule has 3 aromatic rings. The average Bonchev–Trinajstić information content (AvgIpc) is 2.76. The van der Waals surface area contributed by atoms with Crippen LogP contribution in [0.15, 0.2) is 47.3 Å². The number of amides is 1. The molecule has 0 atom stereocenters. The molecule has 1 amide bonds. The van der Waals surface area contributed by atoms with Crippen LogP contribution in [0.25, 0.3) is 10.9 Å². The fourth-order valence-corrected chi connectivity index (χ4v) is 4.34. The lowest BCUT2D eigenvalue weighted by Gasteiger charge is -2.35. The first-order valence-electron chi connectivity index (χ1n) is 10.1. The molecule has 4 rings (SSSR count). The van der Waals surface area contributed by atoms with Gasteiger partial charge in [0.25, 0.3) is 5.56 Å². The predicted octanol–water partition coefficient (Wildman–Crippen LogP) is 3.59. The molecule has 6 nitrogen and oxygen atoms in total. The number of piperazine rings is 1. The zero-order valence-corrected chi connectivity index (χ0v) is 18.4. The molecule has 1 aliphatic rings. The molecule has 2 heterocycles. The highest BCUT2D eigenvalue weighted by Gasteiger charge is 2.22. The number of para-hydroxylation sites is 1. The van der Waals surface area contributed by atoms with Crippen molar-refractivity contribution < 1.29 is 9.18 Å². The Labute approximate surface area is 188 Å². The van der Waals surface area contributed by atoms with E-state index >= 15 is 0 Å². The Kier molecular flexibility index (Phi) is 6.50. The number of carbonyl (C=O) groups is 1. The number of halogens is 2. The van der Waals surface area contributed by atoms with Gasteiger partial charge in [0, 0.05) is 56.3 Å². The second-order valence-electron chi connectivity index (χ2n) is 7.54. The Morgan fingerprint density at radius 1 is 1.10 bits per heavy atom. The van der Waals surface area contributed by atoms with Crippen LogP contribution < -0.4 is 5.56 Å². The summed E-state index contributed by atoms with van der Waals surface area (Å²) >= 11 is 11.4. The van der Waals surface area contributed by atoms with Gasteiger partial charge in [0.15, 0.2) is 4.77 Å². The summed E-state index contributed by atoms with van der Waals surface area (Å²) in [4.78, 5) is 32.3. The van der Waals surface area contributed by atoms with Crippen LogP contribution in [0.2, 0.25) is 5.02 Å². The van der Waals surface area contributed by atoms with Gasteiger partial charge < -0.3 is 9.88 Å². The quantitative estimate of drug-likeness (QED) is 0.591. The van der Waals surface area contributed by atoms with Gasteiger partial charge in [-0.2, -0.15) is 0 Å². The van der Waals surface area contributed by atoms with E-state index in [2.05, 4.69) is 9.88 Å². The lowest BCUT2D eigenvalue weighted by molar-refractivity contribution is -0.133. The number of fused-ring (bicyclic) bond motifs is 1. The monoisotopic (exact) mass is 460 g/mol. The summed E-state index contributed by atoms with van der Waals surface area (Å²) in [6.45, 7) is 2.99. The number of aromatic nitrogens is 2. The smallest absolute Gasteiger partial charge is 0.262 e. The molecule has 2 aromatic carbocycles. The second kappa shape index (κ2) is 9.30. The van der Waals surface area contributed by atoms with Gasteiger partial charge in [-0.05, 0) is 36.5 Å². The van der Waals surface area contributed by atoms with E-state index in [1.165, 1.54) is 10.6 Å². The molecule has 0 radical (unpaired) electrons. The summed E-state index contributed by atoms with van der Waals surface area (Å²) < 4.78 is 15.8. The van der Waals surface area contributed by atoms with Gasteiger partial charge in [0.05, 0.1) is 10.9 Å². The molecular weight excluding hydrogens is 439 g/mol. The van der Waals surface area contributed by atoms with E-state index in [4.69, 9.17) is 23.8 Å². The van der Waals surface area contributed by atoms with E-state index in [1.807, 2.05) is 6.07 Å². The minimum atomic E-state index is -0.316. The third-order valence-electron chi connectivity index (χ3n) is 5.61. The molecular formula is C22H22ClFN4O2S. The molecule has 1 N–H and O–H groups in total. The number of H-pyrrole nitrogens is 1. The molecule has 31 heavy (non-hydrogen) atoms. The molecule has 1 saturated heterocycles. The number of hydrogen-bond donors (Lipinski definition) is 1. The summed E-state index contributed by atoms with van der Waals surface area (Å²) in [5, 5.41) is 0.958. The standard InChI is InChI=1S/C22H22ClFN4O2S/c23-17-5-3-6-18(24)16(17)14-26-10-12-27(13-11-26)20(29)8-9-28-21(30)15-4-1-2-7-19(15)25-22(28)31/h1-7H,8-14H2,(H,25,31). The van der Waals surface area contributed by atoms with Crippen LogP contribution in [0.3, 0.4) is 0 Å². The summed E-state index contributed by atoms with van der Waals surface area (Å²) in [7, 11) is 0. The molecule has 1 aromatic heterocycles. The first-order chi connectivity index (χ1) is 14.9. The highest BCUT2D eigenvalue weighted by atomic mass is 35.5. The van der Waals surface area contributed by atoms with E-state index in [0.29, 0.717) is 59.0 Å². The number of carbonyl (C=O) groups excluding carboxylic acids is 1. The van der Waals surface area contributed by atoms with Gasteiger partial charge in [-0.15, -0.1) is 0 Å². The number of benzene rings is 2. The van der Waals surface area contributed by atoms with Crippen LogP contribution in [-0.2, 0) is 17.9 Å². The number of rotatable bonds is 5. The minimum absolute atomic E-state index is 0.0296. The topological polar surface area (TPSA) is 61.3 Å². The zero-order valence-electron chi connectivity index (χ0n) is 16.8. The summed E-state index contributed by atoms with van der Waals surface area (Å²) in [5.41, 5.74) is 0.971. The van der Waals surface area contributed by atoms with Gasteiger partial charge in [-0.25, -0.2) is 4.39 Å². The fraction of sp³-hybridized carbons (Fsp3) is 0.318. The van der Waals surface area contributed by atoms with E-state index < -0.39 is 0 Å². The average molecular weight is 461 g/mol. The van der Waals surface area contributed by atoms with Crippen molar-refractivity contribution in [3.8, 4) is 0 Å². The number of nitrogens with zero attached hydrogens (tertiary/aromatic N) is 3. The Balaban J connectivity index is 1.35. The van der Waals surface area contributed by atoms with E-state index in [-0.39, 0.29) is 30.2 Å². The van der Waals surface area contributed by atoms with Gasteiger partial charge in [0.2, 0.25) is 5.91 Å². The maximum atomic E-state index is 14.0. The van der Waals surface area contributed by atoms with E-state index in [1.54, 1.807) is 35.2 Å². The van der Waals surface area contributed by atoms with Crippen molar-refractivity contribution >= 4 is 40.6 Å². The Hall–Kier alpha value is -2.55. The third kappa shape index (κ3) is 4.71.